The molecule has 2 saturated heterocycles. The maximum absolute atomic E-state index is 13.1. The first kappa shape index (κ1) is 24.3. The molecule has 0 bridgehead atoms. The molecule has 10 nitrogen and oxygen atoms in total. The zero-order chi connectivity index (χ0) is 25.2. The lowest BCUT2D eigenvalue weighted by molar-refractivity contribution is -0.133. The number of nitrogens with one attached hydrogen (secondary N) is 2. The monoisotopic (exact) mass is 482 g/mol. The van der Waals surface area contributed by atoms with Crippen LogP contribution in [0.5, 0.6) is 11.5 Å². The number of aliphatic hydroxyl groups is 1. The first-order valence-electron chi connectivity index (χ1n) is 11.4. The first-order valence-corrected chi connectivity index (χ1v) is 11.4. The second-order valence-electron chi connectivity index (χ2n) is 8.93. The van der Waals surface area contributed by atoms with E-state index in [4.69, 9.17) is 9.47 Å². The average Bonchev–Trinajstić information content (AvgIpc) is 3.35. The predicted molar refractivity (Wildman–Crippen MR) is 130 cm³/mol. The molecule has 2 aliphatic heterocycles. The number of nitrogens with zero attached hydrogens (tertiary/aromatic N) is 2. The Balaban J connectivity index is 1.38. The van der Waals surface area contributed by atoms with Crippen LogP contribution in [0.15, 0.2) is 42.5 Å². The number of carbonyl (C=O) groups excluding carboxylic acids is 3. The summed E-state index contributed by atoms with van der Waals surface area (Å²) in [6.07, 6.45) is 1.38. The summed E-state index contributed by atoms with van der Waals surface area (Å²) in [6, 6.07) is 11.8. The van der Waals surface area contributed by atoms with Crippen molar-refractivity contribution in [2.24, 2.45) is 0 Å². The van der Waals surface area contributed by atoms with Gasteiger partial charge in [0.05, 0.1) is 14.2 Å². The molecule has 2 atom stereocenters. The van der Waals surface area contributed by atoms with Gasteiger partial charge in [-0.3, -0.25) is 14.5 Å². The first-order chi connectivity index (χ1) is 16.7. The Labute approximate surface area is 203 Å². The summed E-state index contributed by atoms with van der Waals surface area (Å²) in [5.41, 5.74) is 0.976. The Morgan fingerprint density at radius 2 is 1.86 bits per heavy atom. The van der Waals surface area contributed by atoms with E-state index in [2.05, 4.69) is 10.6 Å². The highest BCUT2D eigenvalue weighted by Crippen LogP contribution is 2.31. The molecule has 186 valence electrons. The molecule has 2 unspecified atom stereocenters. The van der Waals surface area contributed by atoms with Crippen molar-refractivity contribution in [3.05, 3.63) is 48.0 Å². The molecule has 0 saturated carbocycles. The van der Waals surface area contributed by atoms with Crippen LogP contribution in [0.4, 0.5) is 16.2 Å². The van der Waals surface area contributed by atoms with Crippen LogP contribution in [-0.4, -0.2) is 66.9 Å². The second kappa shape index (κ2) is 9.83. The molecule has 2 fully saturated rings. The number of rotatable bonds is 8. The minimum atomic E-state index is -1.20. The number of carbonyl (C=O) groups is 3. The van der Waals surface area contributed by atoms with Gasteiger partial charge in [-0.05, 0) is 61.7 Å². The lowest BCUT2D eigenvalue weighted by Crippen LogP contribution is -2.46. The number of hydrogen-bond donors (Lipinski definition) is 3. The number of aliphatic hydroxyl groups excluding tert-OH is 1. The van der Waals surface area contributed by atoms with Crippen molar-refractivity contribution in [2.45, 2.75) is 38.0 Å². The third-order valence-electron chi connectivity index (χ3n) is 6.36. The van der Waals surface area contributed by atoms with Crippen molar-refractivity contribution in [2.75, 3.05) is 37.5 Å². The summed E-state index contributed by atoms with van der Waals surface area (Å²) >= 11 is 0. The highest BCUT2D eigenvalue weighted by atomic mass is 16.5. The predicted octanol–water partition coefficient (Wildman–Crippen LogP) is 2.11. The van der Waals surface area contributed by atoms with E-state index in [9.17, 15) is 19.5 Å². The zero-order valence-electron chi connectivity index (χ0n) is 20.0. The van der Waals surface area contributed by atoms with E-state index in [1.165, 1.54) is 14.2 Å². The topological polar surface area (TPSA) is 120 Å². The van der Waals surface area contributed by atoms with E-state index < -0.39 is 36.2 Å². The number of hydrogen-bond acceptors (Lipinski definition) is 7. The molecule has 2 aromatic rings. The number of benzene rings is 2. The third-order valence-corrected chi connectivity index (χ3v) is 6.36. The van der Waals surface area contributed by atoms with E-state index >= 15 is 0 Å². The molecule has 0 spiro atoms. The van der Waals surface area contributed by atoms with Crippen molar-refractivity contribution >= 4 is 29.2 Å². The van der Waals surface area contributed by atoms with Gasteiger partial charge in [0.25, 0.3) is 5.91 Å². The lowest BCUT2D eigenvalue weighted by Gasteiger charge is -2.23. The Kier molecular flexibility index (Phi) is 6.83. The fourth-order valence-corrected chi connectivity index (χ4v) is 4.54. The third kappa shape index (κ3) is 5.02. The standard InChI is InChI=1S/C25H30N4O6/c1-25(14-16-6-11-19(34-2)20(13-16)35-3)23(32)29(24(33)27-25)15-21(30)26-17-7-9-18(10-8-17)28-12-4-5-22(28)31/h6-11,13,22,31H,4-5,12,14-15H2,1-3H3,(H,26,30)(H,27,33). The molecule has 0 radical (unpaired) electrons. The molecule has 0 aromatic heterocycles. The SMILES string of the molecule is COc1ccc(CC2(C)NC(=O)N(CC(=O)Nc3ccc(N4CCCC4O)cc3)C2=O)cc1OC. The van der Waals surface area contributed by atoms with Gasteiger partial charge in [0.15, 0.2) is 11.5 Å². The van der Waals surface area contributed by atoms with E-state index in [1.807, 2.05) is 17.0 Å². The zero-order valence-corrected chi connectivity index (χ0v) is 20.0. The number of anilines is 2. The van der Waals surface area contributed by atoms with Crippen LogP contribution in [0.3, 0.4) is 0 Å². The molecular formula is C25H30N4O6. The van der Waals surface area contributed by atoms with Crippen molar-refractivity contribution in [3.8, 4) is 11.5 Å². The van der Waals surface area contributed by atoms with Crippen molar-refractivity contribution in [1.82, 2.24) is 10.2 Å². The van der Waals surface area contributed by atoms with Crippen LogP contribution >= 0.6 is 0 Å². The van der Waals surface area contributed by atoms with Gasteiger partial charge < -0.3 is 30.1 Å². The van der Waals surface area contributed by atoms with Gasteiger partial charge in [-0.1, -0.05) is 6.07 Å². The van der Waals surface area contributed by atoms with Crippen LogP contribution in [-0.2, 0) is 16.0 Å². The van der Waals surface area contributed by atoms with Gasteiger partial charge in [0.1, 0.15) is 18.3 Å². The molecule has 10 heteroatoms. The molecule has 4 amide bonds. The molecule has 4 rings (SSSR count). The fourth-order valence-electron chi connectivity index (χ4n) is 4.54. The second-order valence-corrected chi connectivity index (χ2v) is 8.93. The average molecular weight is 483 g/mol. The molecule has 3 N–H and O–H groups in total. The molecule has 2 heterocycles. The van der Waals surface area contributed by atoms with Crippen LogP contribution in [0, 0.1) is 0 Å². The molecule has 2 aromatic carbocycles. The Morgan fingerprint density at radius 3 is 2.49 bits per heavy atom. The summed E-state index contributed by atoms with van der Waals surface area (Å²) in [6.45, 7) is 2.01. The highest BCUT2D eigenvalue weighted by Gasteiger charge is 2.48. The number of ether oxygens (including phenoxy) is 2. The van der Waals surface area contributed by atoms with E-state index in [0.29, 0.717) is 17.2 Å². The van der Waals surface area contributed by atoms with Gasteiger partial charge in [-0.15, -0.1) is 0 Å². The fraction of sp³-hybridized carbons (Fsp3) is 0.400. The largest absolute Gasteiger partial charge is 0.493 e. The normalized spacial score (nSPS) is 21.8. The van der Waals surface area contributed by atoms with Gasteiger partial charge in [-0.25, -0.2) is 4.79 Å². The van der Waals surface area contributed by atoms with E-state index in [1.54, 1.807) is 37.3 Å². The summed E-state index contributed by atoms with van der Waals surface area (Å²) in [4.78, 5) is 41.1. The molecule has 0 aliphatic carbocycles. The molecular weight excluding hydrogens is 452 g/mol. The Hall–Kier alpha value is -3.79. The van der Waals surface area contributed by atoms with Gasteiger partial charge in [0.2, 0.25) is 5.91 Å². The van der Waals surface area contributed by atoms with Crippen LogP contribution in [0.25, 0.3) is 0 Å². The number of methoxy groups -OCH3 is 2. The maximum Gasteiger partial charge on any atom is 0.325 e. The van der Waals surface area contributed by atoms with Gasteiger partial charge in [0, 0.05) is 24.3 Å². The summed E-state index contributed by atoms with van der Waals surface area (Å²) in [7, 11) is 3.06. The van der Waals surface area contributed by atoms with Crippen LogP contribution in [0.2, 0.25) is 0 Å². The Bertz CT molecular complexity index is 1120. The van der Waals surface area contributed by atoms with E-state index in [0.717, 1.165) is 35.5 Å². The maximum atomic E-state index is 13.1. The number of imide groups is 1. The Morgan fingerprint density at radius 1 is 1.14 bits per heavy atom. The van der Waals surface area contributed by atoms with Crippen LogP contribution in [0.1, 0.15) is 25.3 Å². The summed E-state index contributed by atoms with van der Waals surface area (Å²) in [5.74, 6) is 0.113. The minimum Gasteiger partial charge on any atom is -0.493 e. The minimum absolute atomic E-state index is 0.222. The van der Waals surface area contributed by atoms with Gasteiger partial charge >= 0.3 is 6.03 Å². The van der Waals surface area contributed by atoms with Crippen molar-refractivity contribution in [1.29, 1.82) is 0 Å². The van der Waals surface area contributed by atoms with Crippen molar-refractivity contribution < 1.29 is 29.0 Å². The van der Waals surface area contributed by atoms with Crippen molar-refractivity contribution in [3.63, 3.8) is 0 Å². The number of urea groups is 1. The summed E-state index contributed by atoms with van der Waals surface area (Å²) < 4.78 is 10.6. The van der Waals surface area contributed by atoms with Gasteiger partial charge in [-0.2, -0.15) is 0 Å². The highest BCUT2D eigenvalue weighted by molar-refractivity contribution is 6.10. The van der Waals surface area contributed by atoms with E-state index in [-0.39, 0.29) is 6.42 Å². The smallest absolute Gasteiger partial charge is 0.325 e. The molecule has 35 heavy (non-hydrogen) atoms. The quantitative estimate of drug-likeness (QED) is 0.493. The molecule has 2 aliphatic rings. The van der Waals surface area contributed by atoms with Crippen LogP contribution < -0.4 is 25.0 Å². The summed E-state index contributed by atoms with van der Waals surface area (Å²) in [5, 5.41) is 15.5. The lowest BCUT2D eigenvalue weighted by atomic mass is 9.92. The number of amides is 4.